The van der Waals surface area contributed by atoms with E-state index in [2.05, 4.69) is 4.98 Å². The van der Waals surface area contributed by atoms with Crippen LogP contribution in [0.15, 0.2) is 23.0 Å². The van der Waals surface area contributed by atoms with Gasteiger partial charge in [0.2, 0.25) is 0 Å². The van der Waals surface area contributed by atoms with Crippen molar-refractivity contribution in [3.8, 4) is 17.1 Å². The van der Waals surface area contributed by atoms with Gasteiger partial charge in [-0.15, -0.1) is 5.10 Å². The van der Waals surface area contributed by atoms with E-state index < -0.39 is 12.1 Å². The number of aliphatic hydroxyl groups is 1. The maximum atomic E-state index is 13.1. The molecule has 1 fully saturated rings. The van der Waals surface area contributed by atoms with Gasteiger partial charge in [0.15, 0.2) is 11.3 Å². The quantitative estimate of drug-likeness (QED) is 0.400. The molecule has 2 N–H and O–H groups in total. The van der Waals surface area contributed by atoms with Crippen LogP contribution >= 0.6 is 0 Å². The average Bonchev–Trinajstić information content (AvgIpc) is 2.98. The SMILES string of the molecule is CCOc1ccc(C(CO)OC(C)=O)cc1-c1nn2c(C3CCCCCC3)nc(C)c2c(=O)[nH]1. The molecule has 1 saturated carbocycles. The van der Waals surface area contributed by atoms with E-state index in [1.54, 1.807) is 22.7 Å². The van der Waals surface area contributed by atoms with Gasteiger partial charge >= 0.3 is 5.97 Å². The Hall–Kier alpha value is -3.20. The van der Waals surface area contributed by atoms with Gasteiger partial charge in [-0.1, -0.05) is 31.7 Å². The van der Waals surface area contributed by atoms with Gasteiger partial charge in [0.25, 0.3) is 5.56 Å². The highest BCUT2D eigenvalue weighted by Crippen LogP contribution is 2.34. The minimum absolute atomic E-state index is 0.256. The van der Waals surface area contributed by atoms with Crippen molar-refractivity contribution in [2.24, 2.45) is 0 Å². The van der Waals surface area contributed by atoms with Gasteiger partial charge in [-0.25, -0.2) is 9.50 Å². The van der Waals surface area contributed by atoms with Crippen LogP contribution in [0, 0.1) is 6.92 Å². The summed E-state index contributed by atoms with van der Waals surface area (Å²) in [7, 11) is 0. The van der Waals surface area contributed by atoms with Crippen LogP contribution < -0.4 is 10.3 Å². The normalized spacial score (nSPS) is 15.8. The first-order valence-corrected chi connectivity index (χ1v) is 12.0. The summed E-state index contributed by atoms with van der Waals surface area (Å²) in [6, 6.07) is 5.19. The lowest BCUT2D eigenvalue weighted by Gasteiger charge is -2.18. The third kappa shape index (κ3) is 4.84. The van der Waals surface area contributed by atoms with Crippen LogP contribution in [-0.2, 0) is 9.53 Å². The molecule has 9 nitrogen and oxygen atoms in total. The Labute approximate surface area is 198 Å². The number of aromatic amines is 1. The van der Waals surface area contributed by atoms with Gasteiger partial charge in [-0.05, 0) is 44.4 Å². The first-order chi connectivity index (χ1) is 16.4. The second kappa shape index (κ2) is 10.4. The van der Waals surface area contributed by atoms with Gasteiger partial charge in [0, 0.05) is 12.8 Å². The zero-order chi connectivity index (χ0) is 24.2. The third-order valence-electron chi connectivity index (χ3n) is 6.33. The lowest BCUT2D eigenvalue weighted by molar-refractivity contribution is -0.148. The van der Waals surface area contributed by atoms with Crippen molar-refractivity contribution in [1.29, 1.82) is 0 Å². The van der Waals surface area contributed by atoms with Crippen LogP contribution in [-0.4, -0.2) is 43.9 Å². The molecule has 0 aliphatic heterocycles. The van der Waals surface area contributed by atoms with Gasteiger partial charge in [-0.2, -0.15) is 0 Å². The number of hydrogen-bond donors (Lipinski definition) is 2. The summed E-state index contributed by atoms with van der Waals surface area (Å²) in [6.45, 7) is 5.05. The number of imidazole rings is 1. The van der Waals surface area contributed by atoms with E-state index in [4.69, 9.17) is 19.6 Å². The highest BCUT2D eigenvalue weighted by molar-refractivity contribution is 5.68. The summed E-state index contributed by atoms with van der Waals surface area (Å²) in [5.74, 6) is 1.44. The molecule has 0 amide bonds. The zero-order valence-corrected chi connectivity index (χ0v) is 20.0. The predicted molar refractivity (Wildman–Crippen MR) is 127 cm³/mol. The summed E-state index contributed by atoms with van der Waals surface area (Å²) in [4.78, 5) is 32.3. The Morgan fingerprint density at radius 2 is 2.00 bits per heavy atom. The van der Waals surface area contributed by atoms with Crippen molar-refractivity contribution in [3.63, 3.8) is 0 Å². The molecule has 34 heavy (non-hydrogen) atoms. The number of H-pyrrole nitrogens is 1. The fourth-order valence-electron chi connectivity index (χ4n) is 4.74. The van der Waals surface area contributed by atoms with E-state index >= 15 is 0 Å². The standard InChI is InChI=1S/C25H32N4O5/c1-4-33-20-12-11-18(21(14-30)34-16(3)31)13-19(20)23-27-25(32)22-15(2)26-24(29(22)28-23)17-9-7-5-6-8-10-17/h11-13,17,21,30H,4-10,14H2,1-3H3,(H,27,28,32). The topological polar surface area (TPSA) is 119 Å². The molecule has 4 rings (SSSR count). The number of esters is 1. The molecule has 1 atom stereocenters. The molecule has 0 saturated heterocycles. The smallest absolute Gasteiger partial charge is 0.303 e. The maximum Gasteiger partial charge on any atom is 0.303 e. The number of hydrogen-bond acceptors (Lipinski definition) is 7. The summed E-state index contributed by atoms with van der Waals surface area (Å²) >= 11 is 0. The van der Waals surface area contributed by atoms with Gasteiger partial charge in [-0.3, -0.25) is 9.59 Å². The molecule has 0 radical (unpaired) electrons. The second-order valence-corrected chi connectivity index (χ2v) is 8.78. The fraction of sp³-hybridized carbons (Fsp3) is 0.520. The Bertz CT molecular complexity index is 1220. The molecule has 2 aromatic heterocycles. The van der Waals surface area contributed by atoms with Crippen molar-refractivity contribution in [2.45, 2.75) is 71.3 Å². The molecule has 1 aliphatic carbocycles. The van der Waals surface area contributed by atoms with Crippen LogP contribution in [0.4, 0.5) is 0 Å². The number of aromatic nitrogens is 4. The molecule has 1 unspecified atom stereocenters. The molecular formula is C25H32N4O5. The first kappa shape index (κ1) is 23.9. The largest absolute Gasteiger partial charge is 0.493 e. The summed E-state index contributed by atoms with van der Waals surface area (Å²) in [5, 5.41) is 14.6. The number of benzene rings is 1. The Kier molecular flexibility index (Phi) is 7.31. The number of carbonyl (C=O) groups excluding carboxylic acids is 1. The average molecular weight is 469 g/mol. The molecule has 3 aromatic rings. The summed E-state index contributed by atoms with van der Waals surface area (Å²) < 4.78 is 12.7. The van der Waals surface area contributed by atoms with Crippen LogP contribution in [0.5, 0.6) is 5.75 Å². The number of rotatable bonds is 7. The lowest BCUT2D eigenvalue weighted by Crippen LogP contribution is -2.17. The van der Waals surface area contributed by atoms with E-state index in [0.717, 1.165) is 31.5 Å². The van der Waals surface area contributed by atoms with E-state index in [9.17, 15) is 14.7 Å². The minimum atomic E-state index is -0.834. The first-order valence-electron chi connectivity index (χ1n) is 12.0. The summed E-state index contributed by atoms with van der Waals surface area (Å²) in [5.41, 5.74) is 1.95. The van der Waals surface area contributed by atoms with Crippen LogP contribution in [0.25, 0.3) is 16.9 Å². The number of aryl methyl sites for hydroxylation is 1. The maximum absolute atomic E-state index is 13.1. The van der Waals surface area contributed by atoms with Crippen molar-refractivity contribution in [1.82, 2.24) is 19.6 Å². The van der Waals surface area contributed by atoms with E-state index in [0.29, 0.717) is 40.5 Å². The van der Waals surface area contributed by atoms with Gasteiger partial charge in [0.05, 0.1) is 24.5 Å². The Morgan fingerprint density at radius 3 is 2.65 bits per heavy atom. The minimum Gasteiger partial charge on any atom is -0.493 e. The molecule has 1 aromatic carbocycles. The Morgan fingerprint density at radius 1 is 1.26 bits per heavy atom. The molecule has 182 valence electrons. The molecule has 2 heterocycles. The molecule has 9 heteroatoms. The van der Waals surface area contributed by atoms with Gasteiger partial charge < -0.3 is 19.6 Å². The lowest BCUT2D eigenvalue weighted by atomic mass is 10.00. The third-order valence-corrected chi connectivity index (χ3v) is 6.33. The molecular weight excluding hydrogens is 436 g/mol. The Balaban J connectivity index is 1.86. The fourth-order valence-corrected chi connectivity index (χ4v) is 4.74. The van der Waals surface area contributed by atoms with Crippen LogP contribution in [0.2, 0.25) is 0 Å². The second-order valence-electron chi connectivity index (χ2n) is 8.78. The number of fused-ring (bicyclic) bond motifs is 1. The van der Waals surface area contributed by atoms with Crippen molar-refractivity contribution >= 4 is 11.5 Å². The number of aliphatic hydroxyl groups excluding tert-OH is 1. The highest BCUT2D eigenvalue weighted by Gasteiger charge is 2.24. The predicted octanol–water partition coefficient (Wildman–Crippen LogP) is 3.83. The van der Waals surface area contributed by atoms with Crippen molar-refractivity contribution in [3.05, 3.63) is 45.6 Å². The number of ether oxygens (including phenoxy) is 2. The highest BCUT2D eigenvalue weighted by atomic mass is 16.5. The summed E-state index contributed by atoms with van der Waals surface area (Å²) in [6.07, 6.45) is 5.95. The van der Waals surface area contributed by atoms with E-state index in [1.165, 1.54) is 19.8 Å². The molecule has 0 bridgehead atoms. The van der Waals surface area contributed by atoms with Gasteiger partial charge in [0.1, 0.15) is 17.7 Å². The van der Waals surface area contributed by atoms with Crippen LogP contribution in [0.3, 0.4) is 0 Å². The number of nitrogens with one attached hydrogen (secondary N) is 1. The molecule has 1 aliphatic rings. The van der Waals surface area contributed by atoms with E-state index in [-0.39, 0.29) is 18.1 Å². The van der Waals surface area contributed by atoms with Crippen molar-refractivity contribution in [2.75, 3.05) is 13.2 Å². The van der Waals surface area contributed by atoms with Crippen LogP contribution in [0.1, 0.15) is 81.5 Å². The van der Waals surface area contributed by atoms with Crippen molar-refractivity contribution < 1.29 is 19.4 Å². The monoisotopic (exact) mass is 468 g/mol. The number of carbonyl (C=O) groups is 1. The zero-order valence-electron chi connectivity index (χ0n) is 20.0. The van der Waals surface area contributed by atoms with E-state index in [1.807, 2.05) is 13.8 Å². The number of nitrogens with zero attached hydrogens (tertiary/aromatic N) is 3. The molecule has 0 spiro atoms.